The SMILES string of the molecule is CCc1cc2ccccc2[s+]1-c1cc(C)c(OCC(=O)OC(C)(C)c2ccc(OC(F)(F)F)cc2)c(C)c1. The number of thiophene rings is 1. The molecule has 200 valence electrons. The Labute approximate surface area is 222 Å². The van der Waals surface area contributed by atoms with Gasteiger partial charge in [-0.3, -0.25) is 0 Å². The summed E-state index contributed by atoms with van der Waals surface area (Å²) in [5.41, 5.74) is 1.30. The molecule has 0 amide bonds. The van der Waals surface area contributed by atoms with E-state index in [9.17, 15) is 18.0 Å². The second-order valence-corrected chi connectivity index (χ2v) is 11.6. The number of benzene rings is 3. The van der Waals surface area contributed by atoms with Gasteiger partial charge in [-0.15, -0.1) is 13.2 Å². The summed E-state index contributed by atoms with van der Waals surface area (Å²) in [4.78, 5) is 15.3. The zero-order valence-corrected chi connectivity index (χ0v) is 22.8. The summed E-state index contributed by atoms with van der Waals surface area (Å²) in [5.74, 6) is -0.295. The summed E-state index contributed by atoms with van der Waals surface area (Å²) in [6.07, 6.45) is -3.81. The van der Waals surface area contributed by atoms with Gasteiger partial charge in [0, 0.05) is 40.5 Å². The maximum atomic E-state index is 12.7. The predicted octanol–water partition coefficient (Wildman–Crippen LogP) is 8.51. The van der Waals surface area contributed by atoms with Crippen molar-refractivity contribution >= 4 is 26.5 Å². The molecule has 0 saturated heterocycles. The van der Waals surface area contributed by atoms with Crippen molar-refractivity contribution in [1.29, 1.82) is 0 Å². The Hall–Kier alpha value is -3.52. The Balaban J connectivity index is 1.46. The summed E-state index contributed by atoms with van der Waals surface area (Å²) < 4.78 is 54.0. The molecule has 1 aromatic heterocycles. The molecule has 3 aromatic carbocycles. The first kappa shape index (κ1) is 27.5. The van der Waals surface area contributed by atoms with Crippen LogP contribution in [-0.2, 0) is 21.6 Å². The zero-order valence-electron chi connectivity index (χ0n) is 21.9. The van der Waals surface area contributed by atoms with Crippen LogP contribution in [0.5, 0.6) is 11.5 Å². The number of hydrogen-bond donors (Lipinski definition) is 0. The van der Waals surface area contributed by atoms with Gasteiger partial charge in [0.05, 0.1) is 0 Å². The maximum absolute atomic E-state index is 12.7. The summed E-state index contributed by atoms with van der Waals surface area (Å²) in [6.45, 7) is 9.13. The van der Waals surface area contributed by atoms with Gasteiger partial charge in [0.2, 0.25) is 0 Å². The van der Waals surface area contributed by atoms with E-state index in [0.717, 1.165) is 17.5 Å². The van der Waals surface area contributed by atoms with Crippen LogP contribution in [0.1, 0.15) is 42.3 Å². The lowest BCUT2D eigenvalue weighted by atomic mass is 9.98. The Morgan fingerprint density at radius 2 is 1.55 bits per heavy atom. The first-order valence-corrected chi connectivity index (χ1v) is 13.5. The van der Waals surface area contributed by atoms with Crippen LogP contribution < -0.4 is 9.47 Å². The van der Waals surface area contributed by atoms with Crippen molar-refractivity contribution in [2.45, 2.75) is 53.0 Å². The van der Waals surface area contributed by atoms with Gasteiger partial charge in [-0.05, 0) is 68.7 Å². The summed E-state index contributed by atoms with van der Waals surface area (Å²) in [7, 11) is -0.145. The zero-order chi connectivity index (χ0) is 27.7. The Morgan fingerprint density at radius 3 is 2.16 bits per heavy atom. The van der Waals surface area contributed by atoms with Gasteiger partial charge < -0.3 is 14.2 Å². The Bertz CT molecular complexity index is 1430. The number of halogens is 3. The van der Waals surface area contributed by atoms with E-state index < -0.39 is 17.9 Å². The lowest BCUT2D eigenvalue weighted by Gasteiger charge is -2.26. The van der Waals surface area contributed by atoms with Gasteiger partial charge in [0.15, 0.2) is 21.1 Å². The van der Waals surface area contributed by atoms with E-state index in [1.807, 2.05) is 13.8 Å². The van der Waals surface area contributed by atoms with Crippen molar-refractivity contribution in [2.24, 2.45) is 0 Å². The highest BCUT2D eigenvalue weighted by atomic mass is 32.2. The lowest BCUT2D eigenvalue weighted by Crippen LogP contribution is -2.28. The van der Waals surface area contributed by atoms with Gasteiger partial charge in [-0.1, -0.05) is 31.2 Å². The molecule has 38 heavy (non-hydrogen) atoms. The third kappa shape index (κ3) is 6.13. The van der Waals surface area contributed by atoms with Gasteiger partial charge in [0.1, 0.15) is 17.1 Å². The van der Waals surface area contributed by atoms with Crippen LogP contribution in [0.25, 0.3) is 15.0 Å². The fourth-order valence-electron chi connectivity index (χ4n) is 4.50. The van der Waals surface area contributed by atoms with E-state index in [1.165, 1.54) is 44.1 Å². The van der Waals surface area contributed by atoms with Crippen LogP contribution in [0, 0.1) is 13.8 Å². The summed E-state index contributed by atoms with van der Waals surface area (Å²) >= 11 is 0. The number of fused-ring (bicyclic) bond motifs is 1. The average Bonchev–Trinajstić information content (AvgIpc) is 3.21. The molecule has 0 bridgehead atoms. The molecule has 1 heterocycles. The van der Waals surface area contributed by atoms with Crippen LogP contribution >= 0.6 is 10.5 Å². The van der Waals surface area contributed by atoms with Crippen molar-refractivity contribution in [3.63, 3.8) is 0 Å². The minimum absolute atomic E-state index is 0.145. The fraction of sp³-hybridized carbons (Fsp3) is 0.300. The van der Waals surface area contributed by atoms with E-state index in [2.05, 4.69) is 54.1 Å². The third-order valence-corrected chi connectivity index (χ3v) is 8.67. The first-order chi connectivity index (χ1) is 17.9. The van der Waals surface area contributed by atoms with Crippen LogP contribution in [0.4, 0.5) is 13.2 Å². The monoisotopic (exact) mass is 543 g/mol. The normalized spacial score (nSPS) is 12.5. The van der Waals surface area contributed by atoms with Gasteiger partial charge in [0.25, 0.3) is 0 Å². The van der Waals surface area contributed by atoms with Crippen molar-refractivity contribution < 1.29 is 32.2 Å². The third-order valence-electron chi connectivity index (χ3n) is 6.22. The number of alkyl halides is 3. The molecule has 4 nitrogen and oxygen atoms in total. The van der Waals surface area contributed by atoms with Crippen LogP contribution in [0.3, 0.4) is 0 Å². The number of hydrogen-bond acceptors (Lipinski definition) is 4. The smallest absolute Gasteiger partial charge is 0.481 e. The van der Waals surface area contributed by atoms with Crippen molar-refractivity contribution in [3.8, 4) is 16.4 Å². The number of esters is 1. The van der Waals surface area contributed by atoms with E-state index >= 15 is 0 Å². The first-order valence-electron chi connectivity index (χ1n) is 12.2. The molecule has 0 aliphatic carbocycles. The van der Waals surface area contributed by atoms with Crippen LogP contribution in [-0.4, -0.2) is 18.9 Å². The molecule has 0 radical (unpaired) electrons. The van der Waals surface area contributed by atoms with Gasteiger partial charge >= 0.3 is 12.3 Å². The standard InChI is InChI=1S/C30H30F3O4S/c1-6-24-17-21-9-7-8-10-26(21)38(24)25-15-19(2)28(20(3)16-25)35-18-27(34)37-29(4,5)22-11-13-23(14-12-22)36-30(31,32)33/h7-17H,6,18H2,1-5H3/q+1. The molecule has 1 atom stereocenters. The molecular weight excluding hydrogens is 513 g/mol. The Kier molecular flexibility index (Phi) is 7.74. The topological polar surface area (TPSA) is 44.8 Å². The quantitative estimate of drug-likeness (QED) is 0.165. The summed E-state index contributed by atoms with van der Waals surface area (Å²) in [6, 6.07) is 20.2. The van der Waals surface area contributed by atoms with Gasteiger partial charge in [-0.25, -0.2) is 4.79 Å². The molecule has 0 spiro atoms. The van der Waals surface area contributed by atoms with E-state index in [4.69, 9.17) is 9.47 Å². The molecule has 0 fully saturated rings. The van der Waals surface area contributed by atoms with Gasteiger partial charge in [-0.2, -0.15) is 0 Å². The van der Waals surface area contributed by atoms with Crippen molar-refractivity contribution in [3.05, 3.63) is 88.3 Å². The summed E-state index contributed by atoms with van der Waals surface area (Å²) in [5, 5.41) is 1.26. The maximum Gasteiger partial charge on any atom is 0.573 e. The largest absolute Gasteiger partial charge is 0.573 e. The molecule has 8 heteroatoms. The molecule has 0 saturated carbocycles. The fourth-order valence-corrected chi connectivity index (χ4v) is 7.04. The average molecular weight is 544 g/mol. The molecule has 0 N–H and O–H groups in total. The second kappa shape index (κ2) is 10.7. The molecule has 4 rings (SSSR count). The minimum Gasteiger partial charge on any atom is -0.481 e. The number of carbonyl (C=O) groups is 1. The van der Waals surface area contributed by atoms with E-state index in [0.29, 0.717) is 11.3 Å². The lowest BCUT2D eigenvalue weighted by molar-refractivity contribution is -0.274. The van der Waals surface area contributed by atoms with Crippen molar-refractivity contribution in [2.75, 3.05) is 6.61 Å². The number of carbonyl (C=O) groups excluding carboxylic acids is 1. The molecule has 0 aliphatic heterocycles. The highest BCUT2D eigenvalue weighted by molar-refractivity contribution is 7.45. The second-order valence-electron chi connectivity index (χ2n) is 9.54. The number of ether oxygens (including phenoxy) is 3. The molecule has 0 aliphatic rings. The molecule has 1 unspecified atom stereocenters. The number of rotatable bonds is 8. The van der Waals surface area contributed by atoms with E-state index in [-0.39, 0.29) is 22.8 Å². The van der Waals surface area contributed by atoms with Crippen molar-refractivity contribution in [1.82, 2.24) is 0 Å². The number of aryl methyl sites for hydroxylation is 3. The predicted molar refractivity (Wildman–Crippen MR) is 144 cm³/mol. The molecule has 4 aromatic rings. The minimum atomic E-state index is -4.77. The van der Waals surface area contributed by atoms with Crippen LogP contribution in [0.15, 0.2) is 66.7 Å². The Morgan fingerprint density at radius 1 is 0.921 bits per heavy atom. The molecular formula is C30H30F3O4S+. The highest BCUT2D eigenvalue weighted by Gasteiger charge is 2.32. The van der Waals surface area contributed by atoms with E-state index in [1.54, 1.807) is 13.8 Å². The van der Waals surface area contributed by atoms with Crippen LogP contribution in [0.2, 0.25) is 0 Å². The highest BCUT2D eigenvalue weighted by Crippen LogP contribution is 2.46.